The number of hydrogen-bond donors (Lipinski definition) is 6. The van der Waals surface area contributed by atoms with Crippen molar-refractivity contribution in [2.45, 2.75) is 43.6 Å². The Morgan fingerprint density at radius 2 is 2.08 bits per heavy atom. The first-order chi connectivity index (χ1) is 12.3. The van der Waals surface area contributed by atoms with Gasteiger partial charge in [-0.2, -0.15) is 0 Å². The Kier molecular flexibility index (Phi) is 5.02. The van der Waals surface area contributed by atoms with Gasteiger partial charge in [0.15, 0.2) is 29.3 Å². The standard InChI is InChI=1S/C14H19N5O7/c1-5(21)7(14(24)25)18-11-8-12(16-3-15-11)19(4-17-8)13-10(23)9(22)6(2-20)26-13/h3-7,9-10,13,20-23H,2H2,1H3,(H,24,25)(H,15,16,18)/t5-,6+,7-,9?,10?,13+/m0/s1. The lowest BCUT2D eigenvalue weighted by Crippen LogP contribution is -2.39. The second-order valence-corrected chi connectivity index (χ2v) is 5.98. The smallest absolute Gasteiger partial charge is 0.328 e. The van der Waals surface area contributed by atoms with Crippen LogP contribution in [0.1, 0.15) is 13.2 Å². The number of aromatic nitrogens is 4. The Bertz CT molecular complexity index is 797. The first-order valence-corrected chi connectivity index (χ1v) is 7.82. The van der Waals surface area contributed by atoms with E-state index in [0.717, 1.165) is 6.33 Å². The number of rotatable bonds is 6. The molecule has 2 aromatic heterocycles. The summed E-state index contributed by atoms with van der Waals surface area (Å²) >= 11 is 0. The van der Waals surface area contributed by atoms with Crippen molar-refractivity contribution < 1.29 is 35.1 Å². The maximum atomic E-state index is 11.2. The van der Waals surface area contributed by atoms with Crippen LogP contribution in [-0.2, 0) is 9.53 Å². The lowest BCUT2D eigenvalue weighted by Gasteiger charge is -2.18. The lowest BCUT2D eigenvalue weighted by molar-refractivity contribution is -0.140. The van der Waals surface area contributed by atoms with E-state index in [1.165, 1.54) is 17.8 Å². The van der Waals surface area contributed by atoms with Crippen molar-refractivity contribution in [3.05, 3.63) is 12.7 Å². The molecule has 12 nitrogen and oxygen atoms in total. The van der Waals surface area contributed by atoms with Gasteiger partial charge in [-0.15, -0.1) is 0 Å². The predicted octanol–water partition coefficient (Wildman–Crippen LogP) is -2.32. The summed E-state index contributed by atoms with van der Waals surface area (Å²) in [6, 6.07) is -1.31. The van der Waals surface area contributed by atoms with Crippen LogP contribution in [0, 0.1) is 0 Å². The van der Waals surface area contributed by atoms with Crippen LogP contribution in [0.4, 0.5) is 5.82 Å². The molecule has 0 aromatic carbocycles. The van der Waals surface area contributed by atoms with E-state index in [1.54, 1.807) is 0 Å². The molecule has 12 heteroatoms. The van der Waals surface area contributed by atoms with Gasteiger partial charge in [-0.1, -0.05) is 0 Å². The van der Waals surface area contributed by atoms with Gasteiger partial charge in [-0.25, -0.2) is 19.7 Å². The van der Waals surface area contributed by atoms with Crippen molar-refractivity contribution in [3.63, 3.8) is 0 Å². The molecule has 1 aliphatic rings. The highest BCUT2D eigenvalue weighted by Crippen LogP contribution is 2.32. The van der Waals surface area contributed by atoms with Crippen LogP contribution >= 0.6 is 0 Å². The molecule has 2 aromatic rings. The fraction of sp³-hybridized carbons (Fsp3) is 0.571. The molecule has 1 saturated heterocycles. The number of carboxylic acid groups (broad SMARTS) is 1. The Hall–Kier alpha value is -2.38. The van der Waals surface area contributed by atoms with Crippen molar-refractivity contribution in [1.29, 1.82) is 0 Å². The van der Waals surface area contributed by atoms with E-state index in [2.05, 4.69) is 20.3 Å². The highest BCUT2D eigenvalue weighted by Gasteiger charge is 2.44. The zero-order valence-electron chi connectivity index (χ0n) is 13.7. The van der Waals surface area contributed by atoms with E-state index in [0.29, 0.717) is 0 Å². The molecular weight excluding hydrogens is 350 g/mol. The summed E-state index contributed by atoms with van der Waals surface area (Å²) in [7, 11) is 0. The number of carboxylic acids is 1. The van der Waals surface area contributed by atoms with Crippen molar-refractivity contribution in [2.24, 2.45) is 0 Å². The van der Waals surface area contributed by atoms with Crippen molar-refractivity contribution in [1.82, 2.24) is 19.5 Å². The van der Waals surface area contributed by atoms with Gasteiger partial charge >= 0.3 is 5.97 Å². The first-order valence-electron chi connectivity index (χ1n) is 7.82. The van der Waals surface area contributed by atoms with Crippen molar-refractivity contribution in [2.75, 3.05) is 11.9 Å². The van der Waals surface area contributed by atoms with E-state index in [1.807, 2.05) is 0 Å². The number of aliphatic hydroxyl groups is 4. The average molecular weight is 369 g/mol. The van der Waals surface area contributed by atoms with Gasteiger partial charge < -0.3 is 35.6 Å². The van der Waals surface area contributed by atoms with Crippen LogP contribution in [0.3, 0.4) is 0 Å². The van der Waals surface area contributed by atoms with Crippen LogP contribution in [0.2, 0.25) is 0 Å². The molecule has 26 heavy (non-hydrogen) atoms. The van der Waals surface area contributed by atoms with E-state index in [4.69, 9.17) is 4.74 Å². The molecular formula is C14H19N5O7. The van der Waals surface area contributed by atoms with Crippen LogP contribution in [0.15, 0.2) is 12.7 Å². The average Bonchev–Trinajstić information content (AvgIpc) is 3.14. The summed E-state index contributed by atoms with van der Waals surface area (Å²) < 4.78 is 6.79. The summed E-state index contributed by atoms with van der Waals surface area (Å²) in [6.45, 7) is 0.847. The van der Waals surface area contributed by atoms with Gasteiger partial charge in [0.05, 0.1) is 19.0 Å². The lowest BCUT2D eigenvalue weighted by atomic mass is 10.1. The second-order valence-electron chi connectivity index (χ2n) is 5.98. The van der Waals surface area contributed by atoms with Gasteiger partial charge in [0, 0.05) is 0 Å². The summed E-state index contributed by atoms with van der Waals surface area (Å²) in [5, 5.41) is 50.6. The van der Waals surface area contributed by atoms with Crippen LogP contribution in [0.5, 0.6) is 0 Å². The number of imidazole rings is 1. The molecule has 3 rings (SSSR count). The fourth-order valence-corrected chi connectivity index (χ4v) is 2.79. The molecule has 6 N–H and O–H groups in total. The molecule has 2 unspecified atom stereocenters. The molecule has 1 aliphatic heterocycles. The highest BCUT2D eigenvalue weighted by molar-refractivity contribution is 5.86. The van der Waals surface area contributed by atoms with Gasteiger partial charge in [-0.3, -0.25) is 4.57 Å². The Labute approximate surface area is 146 Å². The Morgan fingerprint density at radius 1 is 1.35 bits per heavy atom. The minimum Gasteiger partial charge on any atom is -0.480 e. The number of fused-ring (bicyclic) bond motifs is 1. The van der Waals surface area contributed by atoms with Gasteiger partial charge in [-0.05, 0) is 6.92 Å². The van der Waals surface area contributed by atoms with Crippen LogP contribution in [0.25, 0.3) is 11.2 Å². The summed E-state index contributed by atoms with van der Waals surface area (Å²) in [5.74, 6) is -1.19. The summed E-state index contributed by atoms with van der Waals surface area (Å²) in [4.78, 5) is 23.4. The summed E-state index contributed by atoms with van der Waals surface area (Å²) in [6.07, 6.45) is -3.34. The molecule has 3 heterocycles. The number of aliphatic carboxylic acids is 1. The second kappa shape index (κ2) is 7.09. The fourth-order valence-electron chi connectivity index (χ4n) is 2.79. The predicted molar refractivity (Wildman–Crippen MR) is 85.1 cm³/mol. The number of carbonyl (C=O) groups is 1. The number of aliphatic hydroxyl groups excluding tert-OH is 4. The quantitative estimate of drug-likeness (QED) is 0.321. The van der Waals surface area contributed by atoms with E-state index < -0.39 is 49.3 Å². The van der Waals surface area contributed by atoms with Gasteiger partial charge in [0.1, 0.15) is 24.6 Å². The number of anilines is 1. The van der Waals surface area contributed by atoms with E-state index in [-0.39, 0.29) is 17.0 Å². The third kappa shape index (κ3) is 3.08. The molecule has 142 valence electrons. The number of ether oxygens (including phenoxy) is 1. The zero-order valence-corrected chi connectivity index (χ0v) is 13.7. The summed E-state index contributed by atoms with van der Waals surface area (Å²) in [5.41, 5.74) is 0.407. The molecule has 0 spiro atoms. The SMILES string of the molecule is C[C@H](O)[C@H](Nc1ncnc2c1ncn2[C@@H]1O[C@H](CO)C(O)C1O)C(=O)O. The molecule has 6 atom stereocenters. The monoisotopic (exact) mass is 369 g/mol. The molecule has 0 amide bonds. The largest absolute Gasteiger partial charge is 0.480 e. The van der Waals surface area contributed by atoms with Crippen LogP contribution in [-0.4, -0.2) is 88.1 Å². The highest BCUT2D eigenvalue weighted by atomic mass is 16.6. The molecule has 0 saturated carbocycles. The Balaban J connectivity index is 1.96. The minimum atomic E-state index is -1.32. The maximum Gasteiger partial charge on any atom is 0.328 e. The third-order valence-electron chi connectivity index (χ3n) is 4.19. The molecule has 1 fully saturated rings. The van der Waals surface area contributed by atoms with Crippen molar-refractivity contribution >= 4 is 23.0 Å². The van der Waals surface area contributed by atoms with E-state index in [9.17, 15) is 30.3 Å². The maximum absolute atomic E-state index is 11.2. The van der Waals surface area contributed by atoms with Crippen molar-refractivity contribution in [3.8, 4) is 0 Å². The Morgan fingerprint density at radius 3 is 2.65 bits per heavy atom. The third-order valence-corrected chi connectivity index (χ3v) is 4.19. The normalized spacial score (nSPS) is 28.2. The van der Waals surface area contributed by atoms with Crippen LogP contribution < -0.4 is 5.32 Å². The molecule has 0 radical (unpaired) electrons. The number of nitrogens with zero attached hydrogens (tertiary/aromatic N) is 4. The first kappa shape index (κ1) is 18.4. The molecule has 0 aliphatic carbocycles. The zero-order chi connectivity index (χ0) is 19.0. The van der Waals surface area contributed by atoms with Gasteiger partial charge in [0.25, 0.3) is 0 Å². The van der Waals surface area contributed by atoms with E-state index >= 15 is 0 Å². The number of hydrogen-bond acceptors (Lipinski definition) is 10. The minimum absolute atomic E-state index is 0.0776. The number of nitrogens with one attached hydrogen (secondary N) is 1. The molecule has 0 bridgehead atoms. The van der Waals surface area contributed by atoms with Gasteiger partial charge in [0.2, 0.25) is 0 Å². The topological polar surface area (TPSA) is 183 Å².